The second kappa shape index (κ2) is 7.93. The lowest BCUT2D eigenvalue weighted by Gasteiger charge is -2.02. The zero-order valence-electron chi connectivity index (χ0n) is 16.3. The fourth-order valence-corrected chi connectivity index (χ4v) is 4.58. The summed E-state index contributed by atoms with van der Waals surface area (Å²) in [6, 6.07) is 14.4. The number of hydrogen-bond acceptors (Lipinski definition) is 8. The van der Waals surface area contributed by atoms with Crippen LogP contribution in [0.5, 0.6) is 0 Å². The molecule has 0 aliphatic rings. The molecule has 0 bridgehead atoms. The first-order chi connectivity index (χ1) is 15.1. The Bertz CT molecular complexity index is 1480. The molecule has 4 aromatic heterocycles. The van der Waals surface area contributed by atoms with Crippen molar-refractivity contribution in [2.45, 2.75) is 6.92 Å². The van der Waals surface area contributed by atoms with Crippen LogP contribution in [-0.4, -0.2) is 27.2 Å². The molecular weight excluding hydrogens is 434 g/mol. The number of rotatable bonds is 5. The minimum atomic E-state index is -0.357. The molecule has 7 nitrogen and oxygen atoms in total. The largest absolute Gasteiger partial charge is 0.462 e. The first-order valence-corrected chi connectivity index (χ1v) is 11.1. The van der Waals surface area contributed by atoms with Crippen molar-refractivity contribution in [1.82, 2.24) is 14.6 Å². The van der Waals surface area contributed by atoms with Gasteiger partial charge in [-0.05, 0) is 42.6 Å². The highest BCUT2D eigenvalue weighted by molar-refractivity contribution is 7.15. The van der Waals surface area contributed by atoms with Gasteiger partial charge in [-0.25, -0.2) is 4.79 Å². The van der Waals surface area contributed by atoms with Crippen LogP contribution in [-0.2, 0) is 4.74 Å². The molecule has 0 unspecified atom stereocenters. The second-order valence-corrected chi connectivity index (χ2v) is 8.48. The molecule has 4 heterocycles. The molecule has 31 heavy (non-hydrogen) atoms. The molecule has 0 aliphatic heterocycles. The van der Waals surface area contributed by atoms with E-state index in [-0.39, 0.29) is 11.5 Å². The lowest BCUT2D eigenvalue weighted by molar-refractivity contribution is 0.0526. The van der Waals surface area contributed by atoms with Gasteiger partial charge in [0.15, 0.2) is 5.82 Å². The highest BCUT2D eigenvalue weighted by Crippen LogP contribution is 2.24. The normalized spacial score (nSPS) is 12.0. The topological polar surface area (TPSA) is 86.7 Å². The zero-order valence-corrected chi connectivity index (χ0v) is 17.9. The van der Waals surface area contributed by atoms with Gasteiger partial charge in [-0.3, -0.25) is 4.79 Å². The van der Waals surface area contributed by atoms with E-state index in [9.17, 15) is 9.59 Å². The van der Waals surface area contributed by atoms with Gasteiger partial charge in [-0.1, -0.05) is 29.5 Å². The summed E-state index contributed by atoms with van der Waals surface area (Å²) in [5.41, 5.74) is 1.07. The van der Waals surface area contributed by atoms with E-state index in [2.05, 4.69) is 10.1 Å². The Morgan fingerprint density at radius 1 is 1.19 bits per heavy atom. The van der Waals surface area contributed by atoms with E-state index < -0.39 is 0 Å². The Balaban J connectivity index is 1.43. The molecule has 0 saturated heterocycles. The van der Waals surface area contributed by atoms with Crippen molar-refractivity contribution in [3.05, 3.63) is 80.1 Å². The van der Waals surface area contributed by atoms with Crippen LogP contribution in [0.1, 0.15) is 23.0 Å². The maximum absolute atomic E-state index is 12.7. The van der Waals surface area contributed by atoms with Crippen molar-refractivity contribution in [3.63, 3.8) is 0 Å². The number of esters is 1. The fraction of sp³-hybridized carbons (Fsp3) is 0.0909. The molecule has 0 fully saturated rings. The van der Waals surface area contributed by atoms with Crippen molar-refractivity contribution in [2.75, 3.05) is 6.61 Å². The number of aromatic nitrogens is 3. The smallest absolute Gasteiger partial charge is 0.338 e. The van der Waals surface area contributed by atoms with E-state index in [1.54, 1.807) is 43.3 Å². The molecular formula is C22H15N3O4S2. The van der Waals surface area contributed by atoms with Crippen LogP contribution in [0.3, 0.4) is 0 Å². The second-order valence-electron chi connectivity index (χ2n) is 6.52. The van der Waals surface area contributed by atoms with E-state index in [0.29, 0.717) is 39.0 Å². The third-order valence-electron chi connectivity index (χ3n) is 4.50. The van der Waals surface area contributed by atoms with Crippen molar-refractivity contribution < 1.29 is 13.9 Å². The van der Waals surface area contributed by atoms with Gasteiger partial charge in [-0.2, -0.15) is 9.50 Å². The molecule has 154 valence electrons. The number of nitrogens with zero attached hydrogens (tertiary/aromatic N) is 3. The van der Waals surface area contributed by atoms with Crippen LogP contribution in [0.25, 0.3) is 33.1 Å². The lowest BCUT2D eigenvalue weighted by Crippen LogP contribution is -2.23. The average molecular weight is 450 g/mol. The quantitative estimate of drug-likeness (QED) is 0.379. The van der Waals surface area contributed by atoms with Crippen molar-refractivity contribution in [1.29, 1.82) is 0 Å². The lowest BCUT2D eigenvalue weighted by atomic mass is 10.1. The summed E-state index contributed by atoms with van der Waals surface area (Å²) in [6.07, 6.45) is 1.69. The van der Waals surface area contributed by atoms with Gasteiger partial charge >= 0.3 is 5.97 Å². The summed E-state index contributed by atoms with van der Waals surface area (Å²) >= 11 is 2.79. The summed E-state index contributed by atoms with van der Waals surface area (Å²) in [5, 5.41) is 6.28. The van der Waals surface area contributed by atoms with E-state index >= 15 is 0 Å². The van der Waals surface area contributed by atoms with E-state index in [1.807, 2.05) is 23.6 Å². The van der Waals surface area contributed by atoms with E-state index in [1.165, 1.54) is 27.2 Å². The summed E-state index contributed by atoms with van der Waals surface area (Å²) in [7, 11) is 0. The number of carbonyl (C=O) groups is 1. The predicted molar refractivity (Wildman–Crippen MR) is 119 cm³/mol. The molecule has 9 heteroatoms. The van der Waals surface area contributed by atoms with Gasteiger partial charge in [0, 0.05) is 11.6 Å². The van der Waals surface area contributed by atoms with Crippen LogP contribution in [0.4, 0.5) is 0 Å². The minimum Gasteiger partial charge on any atom is -0.462 e. The zero-order chi connectivity index (χ0) is 21.4. The Kier molecular flexibility index (Phi) is 4.97. The Morgan fingerprint density at radius 2 is 2.03 bits per heavy atom. The van der Waals surface area contributed by atoms with Crippen molar-refractivity contribution >= 4 is 39.7 Å². The van der Waals surface area contributed by atoms with Gasteiger partial charge < -0.3 is 9.15 Å². The van der Waals surface area contributed by atoms with Gasteiger partial charge in [0.1, 0.15) is 16.1 Å². The van der Waals surface area contributed by atoms with Crippen LogP contribution < -0.4 is 10.1 Å². The Morgan fingerprint density at radius 3 is 2.74 bits per heavy atom. The number of ether oxygens (including phenoxy) is 1. The molecule has 5 rings (SSSR count). The van der Waals surface area contributed by atoms with E-state index in [0.717, 1.165) is 10.4 Å². The minimum absolute atomic E-state index is 0.230. The predicted octanol–water partition coefficient (Wildman–Crippen LogP) is 3.86. The number of hydrogen-bond donors (Lipinski definition) is 0. The third kappa shape index (κ3) is 3.69. The number of thiophene rings is 1. The third-order valence-corrected chi connectivity index (χ3v) is 6.33. The summed E-state index contributed by atoms with van der Waals surface area (Å²) in [4.78, 5) is 30.4. The number of thiazole rings is 1. The Hall–Kier alpha value is -3.56. The van der Waals surface area contributed by atoms with Gasteiger partial charge in [-0.15, -0.1) is 16.4 Å². The molecule has 5 aromatic rings. The molecule has 0 radical (unpaired) electrons. The number of carbonyl (C=O) groups excluding carboxylic acids is 1. The molecule has 0 aliphatic carbocycles. The monoisotopic (exact) mass is 449 g/mol. The first-order valence-electron chi connectivity index (χ1n) is 9.45. The fourth-order valence-electron chi connectivity index (χ4n) is 3.04. The van der Waals surface area contributed by atoms with Crippen LogP contribution in [0, 0.1) is 0 Å². The highest BCUT2D eigenvalue weighted by atomic mass is 32.1. The van der Waals surface area contributed by atoms with Crippen LogP contribution >= 0.6 is 22.7 Å². The van der Waals surface area contributed by atoms with Crippen LogP contribution in [0.15, 0.2) is 63.1 Å². The molecule has 0 saturated carbocycles. The molecule has 0 N–H and O–H groups in total. The first kappa shape index (κ1) is 19.4. The molecule has 0 amide bonds. The number of furan rings is 1. The van der Waals surface area contributed by atoms with Gasteiger partial charge in [0.2, 0.25) is 4.96 Å². The highest BCUT2D eigenvalue weighted by Gasteiger charge is 2.13. The maximum Gasteiger partial charge on any atom is 0.338 e. The van der Waals surface area contributed by atoms with Crippen LogP contribution in [0.2, 0.25) is 0 Å². The van der Waals surface area contributed by atoms with Gasteiger partial charge in [0.05, 0.1) is 17.0 Å². The Labute approximate surface area is 183 Å². The van der Waals surface area contributed by atoms with Crippen molar-refractivity contribution in [2.24, 2.45) is 0 Å². The molecule has 0 spiro atoms. The average Bonchev–Trinajstić information content (AvgIpc) is 3.56. The van der Waals surface area contributed by atoms with Gasteiger partial charge in [0.25, 0.3) is 5.56 Å². The number of fused-ring (bicyclic) bond motifs is 1. The molecule has 1 aromatic carbocycles. The summed E-state index contributed by atoms with van der Waals surface area (Å²) in [5.74, 6) is 1.37. The van der Waals surface area contributed by atoms with E-state index in [4.69, 9.17) is 9.15 Å². The van der Waals surface area contributed by atoms with Crippen molar-refractivity contribution in [3.8, 4) is 22.0 Å². The maximum atomic E-state index is 12.7. The summed E-state index contributed by atoms with van der Waals surface area (Å²) in [6.45, 7) is 2.10. The standard InChI is InChI=1S/C22H15N3O4S2/c1-2-28-21(27)14-7-5-13(6-8-14)16-10-9-15(29-16)12-18-20(26)25-22(31-18)23-19(24-25)17-4-3-11-30-17/h3-12H,2H2,1H3/b18-12-. The summed E-state index contributed by atoms with van der Waals surface area (Å²) < 4.78 is 12.7. The number of benzene rings is 1. The SMILES string of the molecule is CCOC(=O)c1ccc(-c2ccc(/C=c3\sc4nc(-c5cccs5)nn4c3=O)o2)cc1. The molecule has 0 atom stereocenters.